The lowest BCUT2D eigenvalue weighted by Gasteiger charge is -2.16. The van der Waals surface area contributed by atoms with Crippen LogP contribution in [-0.2, 0) is 16.1 Å². The molecule has 0 aliphatic carbocycles. The summed E-state index contributed by atoms with van der Waals surface area (Å²) >= 11 is 5.86. The van der Waals surface area contributed by atoms with Gasteiger partial charge in [-0.15, -0.1) is 0 Å². The molecular weight excluding hydrogens is 272 g/mol. The van der Waals surface area contributed by atoms with E-state index < -0.39 is 17.9 Å². The van der Waals surface area contributed by atoms with E-state index in [0.29, 0.717) is 17.3 Å². The molecular formula is C12H15ClN2O4. The molecule has 1 aliphatic heterocycles. The number of hydrogen-bond acceptors (Lipinski definition) is 3. The van der Waals surface area contributed by atoms with Crippen LogP contribution in [0.2, 0.25) is 5.02 Å². The average Bonchev–Trinajstić information content (AvgIpc) is 2.95. The van der Waals surface area contributed by atoms with Gasteiger partial charge in [0.15, 0.2) is 0 Å². The minimum Gasteiger partial charge on any atom is -0.481 e. The summed E-state index contributed by atoms with van der Waals surface area (Å²) in [6, 6.07) is 1.05. The van der Waals surface area contributed by atoms with Crippen LogP contribution in [0.4, 0.5) is 0 Å². The van der Waals surface area contributed by atoms with E-state index in [4.69, 9.17) is 21.4 Å². The lowest BCUT2D eigenvalue weighted by atomic mass is 10.0. The Balaban J connectivity index is 2.10. The van der Waals surface area contributed by atoms with Crippen molar-refractivity contribution in [3.8, 4) is 0 Å². The number of aromatic nitrogens is 1. The number of amides is 1. The van der Waals surface area contributed by atoms with Gasteiger partial charge < -0.3 is 19.7 Å². The SMILES string of the molecule is CCn1cc(Cl)cc1C(=O)NC1COCC1C(=O)O. The molecule has 6 nitrogen and oxygen atoms in total. The van der Waals surface area contributed by atoms with Crippen molar-refractivity contribution in [3.63, 3.8) is 0 Å². The number of aryl methyl sites for hydroxylation is 1. The number of carbonyl (C=O) groups is 2. The van der Waals surface area contributed by atoms with E-state index in [9.17, 15) is 9.59 Å². The summed E-state index contributed by atoms with van der Waals surface area (Å²) in [6.07, 6.45) is 1.66. The topological polar surface area (TPSA) is 80.6 Å². The highest BCUT2D eigenvalue weighted by Crippen LogP contribution is 2.17. The predicted molar refractivity (Wildman–Crippen MR) is 68.3 cm³/mol. The third-order valence-electron chi connectivity index (χ3n) is 3.15. The molecule has 1 amide bonds. The number of nitrogens with one attached hydrogen (secondary N) is 1. The van der Waals surface area contributed by atoms with Gasteiger partial charge in [-0.25, -0.2) is 0 Å². The van der Waals surface area contributed by atoms with E-state index >= 15 is 0 Å². The molecule has 1 saturated heterocycles. The zero-order valence-corrected chi connectivity index (χ0v) is 11.2. The molecule has 1 aromatic heterocycles. The largest absolute Gasteiger partial charge is 0.481 e. The fourth-order valence-corrected chi connectivity index (χ4v) is 2.33. The van der Waals surface area contributed by atoms with Crippen LogP contribution in [0.1, 0.15) is 17.4 Å². The molecule has 104 valence electrons. The molecule has 0 saturated carbocycles. The Morgan fingerprint density at radius 3 is 2.95 bits per heavy atom. The molecule has 0 aromatic carbocycles. The van der Waals surface area contributed by atoms with Gasteiger partial charge in [-0.05, 0) is 13.0 Å². The van der Waals surface area contributed by atoms with Crippen molar-refractivity contribution in [1.29, 1.82) is 0 Å². The van der Waals surface area contributed by atoms with Crippen molar-refractivity contribution in [2.24, 2.45) is 5.92 Å². The van der Waals surface area contributed by atoms with Crippen LogP contribution in [0.15, 0.2) is 12.3 Å². The van der Waals surface area contributed by atoms with Crippen LogP contribution in [-0.4, -0.2) is 40.8 Å². The van der Waals surface area contributed by atoms with Gasteiger partial charge in [0.2, 0.25) is 0 Å². The Hall–Kier alpha value is -1.53. The maximum Gasteiger partial charge on any atom is 0.311 e. The molecule has 2 atom stereocenters. The first-order valence-corrected chi connectivity index (χ1v) is 6.37. The third-order valence-corrected chi connectivity index (χ3v) is 3.36. The van der Waals surface area contributed by atoms with Gasteiger partial charge in [-0.3, -0.25) is 9.59 Å². The first-order chi connectivity index (χ1) is 9.02. The first-order valence-electron chi connectivity index (χ1n) is 6.00. The van der Waals surface area contributed by atoms with E-state index in [1.807, 2.05) is 6.92 Å². The summed E-state index contributed by atoms with van der Waals surface area (Å²) in [5, 5.41) is 12.2. The molecule has 0 bridgehead atoms. The molecule has 1 fully saturated rings. The summed E-state index contributed by atoms with van der Waals surface area (Å²) in [5.41, 5.74) is 0.420. The molecule has 1 aromatic rings. The maximum atomic E-state index is 12.1. The van der Waals surface area contributed by atoms with Crippen molar-refractivity contribution in [3.05, 3.63) is 23.0 Å². The van der Waals surface area contributed by atoms with Crippen molar-refractivity contribution >= 4 is 23.5 Å². The molecule has 1 aliphatic rings. The Labute approximate surface area is 115 Å². The van der Waals surface area contributed by atoms with Gasteiger partial charge in [0, 0.05) is 12.7 Å². The molecule has 2 unspecified atom stereocenters. The second-order valence-corrected chi connectivity index (χ2v) is 4.83. The van der Waals surface area contributed by atoms with Gasteiger partial charge in [0.25, 0.3) is 5.91 Å². The molecule has 0 radical (unpaired) electrons. The lowest BCUT2D eigenvalue weighted by Crippen LogP contribution is -2.43. The number of hydrogen-bond donors (Lipinski definition) is 2. The summed E-state index contributed by atoms with van der Waals surface area (Å²) in [5.74, 6) is -2.01. The zero-order chi connectivity index (χ0) is 14.0. The average molecular weight is 287 g/mol. The van der Waals surface area contributed by atoms with Crippen LogP contribution in [0.5, 0.6) is 0 Å². The number of halogens is 1. The van der Waals surface area contributed by atoms with E-state index in [1.54, 1.807) is 16.8 Å². The van der Waals surface area contributed by atoms with Crippen molar-refractivity contribution in [2.75, 3.05) is 13.2 Å². The van der Waals surface area contributed by atoms with Crippen molar-refractivity contribution in [2.45, 2.75) is 19.5 Å². The molecule has 2 N–H and O–H groups in total. The van der Waals surface area contributed by atoms with E-state index in [1.165, 1.54) is 0 Å². The number of carbonyl (C=O) groups excluding carboxylic acids is 1. The van der Waals surface area contributed by atoms with E-state index in [-0.39, 0.29) is 19.1 Å². The lowest BCUT2D eigenvalue weighted by molar-refractivity contribution is -0.142. The van der Waals surface area contributed by atoms with Crippen molar-refractivity contribution < 1.29 is 19.4 Å². The zero-order valence-electron chi connectivity index (χ0n) is 10.4. The Bertz CT molecular complexity index is 500. The van der Waals surface area contributed by atoms with Gasteiger partial charge in [0.05, 0.1) is 24.3 Å². The van der Waals surface area contributed by atoms with Crippen LogP contribution >= 0.6 is 11.6 Å². The highest BCUT2D eigenvalue weighted by atomic mass is 35.5. The molecule has 7 heteroatoms. The molecule has 0 spiro atoms. The number of carboxylic acid groups (broad SMARTS) is 1. The van der Waals surface area contributed by atoms with Gasteiger partial charge in [-0.2, -0.15) is 0 Å². The highest BCUT2D eigenvalue weighted by molar-refractivity contribution is 6.31. The standard InChI is InChI=1S/C12H15ClN2O4/c1-2-15-4-7(13)3-10(15)11(16)14-9-6-19-5-8(9)12(17)18/h3-4,8-9H,2,5-6H2,1H3,(H,14,16)(H,17,18). The normalized spacial score (nSPS) is 22.4. The fraction of sp³-hybridized carbons (Fsp3) is 0.500. The molecule has 2 rings (SSSR count). The monoisotopic (exact) mass is 286 g/mol. The number of aliphatic carboxylic acids is 1. The van der Waals surface area contributed by atoms with Gasteiger partial charge in [-0.1, -0.05) is 11.6 Å². The Morgan fingerprint density at radius 1 is 1.58 bits per heavy atom. The molecule has 2 heterocycles. The smallest absolute Gasteiger partial charge is 0.311 e. The van der Waals surface area contributed by atoms with E-state index in [2.05, 4.69) is 5.32 Å². The van der Waals surface area contributed by atoms with Crippen LogP contribution in [0.3, 0.4) is 0 Å². The van der Waals surface area contributed by atoms with Crippen LogP contribution in [0.25, 0.3) is 0 Å². The quantitative estimate of drug-likeness (QED) is 0.865. The van der Waals surface area contributed by atoms with Crippen LogP contribution in [0, 0.1) is 5.92 Å². The van der Waals surface area contributed by atoms with E-state index in [0.717, 1.165) is 0 Å². The highest BCUT2D eigenvalue weighted by Gasteiger charge is 2.35. The predicted octanol–water partition coefficient (Wildman–Crippen LogP) is 0.991. The number of nitrogens with zero attached hydrogens (tertiary/aromatic N) is 1. The number of rotatable bonds is 4. The molecule has 19 heavy (non-hydrogen) atoms. The Morgan fingerprint density at radius 2 is 2.32 bits per heavy atom. The summed E-state index contributed by atoms with van der Waals surface area (Å²) < 4.78 is 6.81. The second kappa shape index (κ2) is 5.63. The summed E-state index contributed by atoms with van der Waals surface area (Å²) in [4.78, 5) is 23.1. The summed E-state index contributed by atoms with van der Waals surface area (Å²) in [7, 11) is 0. The van der Waals surface area contributed by atoms with Gasteiger partial charge >= 0.3 is 5.97 Å². The first kappa shape index (κ1) is 13.9. The van der Waals surface area contributed by atoms with Crippen LogP contribution < -0.4 is 5.32 Å². The number of ether oxygens (including phenoxy) is 1. The maximum absolute atomic E-state index is 12.1. The number of carboxylic acids is 1. The van der Waals surface area contributed by atoms with Crippen molar-refractivity contribution in [1.82, 2.24) is 9.88 Å². The van der Waals surface area contributed by atoms with Gasteiger partial charge in [0.1, 0.15) is 11.6 Å². The second-order valence-electron chi connectivity index (χ2n) is 4.39. The fourth-order valence-electron chi connectivity index (χ4n) is 2.11. The Kier molecular flexibility index (Phi) is 4.11. The minimum atomic E-state index is -0.966. The minimum absolute atomic E-state index is 0.121. The third kappa shape index (κ3) is 2.90. The summed E-state index contributed by atoms with van der Waals surface area (Å²) in [6.45, 7) is 2.84.